The van der Waals surface area contributed by atoms with Crippen LogP contribution in [0.4, 0.5) is 0 Å². The number of carbonyl (C=O) groups excluding carboxylic acids is 3. The molecule has 0 fully saturated rings. The first-order valence-electron chi connectivity index (χ1n) is 22.6. The molecule has 0 aromatic rings. The highest BCUT2D eigenvalue weighted by atomic mass is 16.7. The lowest BCUT2D eigenvalue weighted by Crippen LogP contribution is -2.44. The SMILES string of the molecule is CC/C=C\C/C=C\C/C=C\C/C=C\CCCCCCC(=O)OC(COC(=O)CCCCCCC/C=C\C/C=C\CCCCCC)COC(OCC[N+](C)(C)C)C(=O)[O-]. The van der Waals surface area contributed by atoms with Gasteiger partial charge in [-0.1, -0.05) is 138 Å². The molecule has 0 saturated carbocycles. The Kier molecular flexibility index (Phi) is 38.2. The van der Waals surface area contributed by atoms with Crippen LogP contribution in [0.3, 0.4) is 0 Å². The molecule has 58 heavy (non-hydrogen) atoms. The molecule has 0 N–H and O–H groups in total. The van der Waals surface area contributed by atoms with Crippen LogP contribution in [0.5, 0.6) is 0 Å². The topological polar surface area (TPSA) is 111 Å². The van der Waals surface area contributed by atoms with Crippen LogP contribution in [0, 0.1) is 0 Å². The Hall–Kier alpha value is -3.27. The second kappa shape index (κ2) is 40.5. The summed E-state index contributed by atoms with van der Waals surface area (Å²) < 4.78 is 22.5. The van der Waals surface area contributed by atoms with E-state index in [0.717, 1.165) is 89.9 Å². The fourth-order valence-corrected chi connectivity index (χ4v) is 5.67. The second-order valence-electron chi connectivity index (χ2n) is 16.0. The van der Waals surface area contributed by atoms with Crippen LogP contribution in [0.15, 0.2) is 72.9 Å². The molecule has 0 rings (SSSR count). The van der Waals surface area contributed by atoms with E-state index in [2.05, 4.69) is 86.8 Å². The van der Waals surface area contributed by atoms with Crippen molar-refractivity contribution < 1.29 is 42.9 Å². The Morgan fingerprint density at radius 1 is 0.534 bits per heavy atom. The summed E-state index contributed by atoms with van der Waals surface area (Å²) in [4.78, 5) is 37.0. The van der Waals surface area contributed by atoms with Crippen molar-refractivity contribution in [3.63, 3.8) is 0 Å². The zero-order valence-electron chi connectivity index (χ0n) is 37.4. The van der Waals surface area contributed by atoms with E-state index in [1.807, 2.05) is 21.1 Å². The minimum Gasteiger partial charge on any atom is -0.545 e. The molecule has 0 spiro atoms. The highest BCUT2D eigenvalue weighted by molar-refractivity contribution is 5.70. The van der Waals surface area contributed by atoms with E-state index in [-0.39, 0.29) is 38.6 Å². The first-order chi connectivity index (χ1) is 28.1. The van der Waals surface area contributed by atoms with Crippen LogP contribution in [-0.2, 0) is 33.3 Å². The summed E-state index contributed by atoms with van der Waals surface area (Å²) in [6.07, 6.45) is 46.4. The minimum atomic E-state index is -1.63. The molecule has 0 radical (unpaired) electrons. The molecule has 0 aromatic heterocycles. The Labute approximate surface area is 354 Å². The molecule has 0 aromatic carbocycles. The minimum absolute atomic E-state index is 0.136. The van der Waals surface area contributed by atoms with Crippen molar-refractivity contribution in [2.24, 2.45) is 0 Å². The number of esters is 2. The summed E-state index contributed by atoms with van der Waals surface area (Å²) in [6, 6.07) is 0. The number of hydrogen-bond acceptors (Lipinski definition) is 8. The average Bonchev–Trinajstić information content (AvgIpc) is 3.18. The van der Waals surface area contributed by atoms with E-state index in [1.165, 1.54) is 32.1 Å². The first kappa shape index (κ1) is 54.7. The van der Waals surface area contributed by atoms with Gasteiger partial charge in [0, 0.05) is 12.8 Å². The van der Waals surface area contributed by atoms with Gasteiger partial charge >= 0.3 is 11.9 Å². The van der Waals surface area contributed by atoms with Crippen molar-refractivity contribution in [2.45, 2.75) is 174 Å². The van der Waals surface area contributed by atoms with E-state index in [1.54, 1.807) is 0 Å². The average molecular weight is 814 g/mol. The predicted molar refractivity (Wildman–Crippen MR) is 237 cm³/mol. The number of quaternary nitrogens is 1. The maximum absolute atomic E-state index is 12.7. The zero-order valence-corrected chi connectivity index (χ0v) is 37.4. The number of likely N-dealkylation sites (N-methyl/N-ethyl adjacent to an activating group) is 1. The van der Waals surface area contributed by atoms with E-state index in [4.69, 9.17) is 18.9 Å². The van der Waals surface area contributed by atoms with Gasteiger partial charge in [0.1, 0.15) is 13.2 Å². The standard InChI is InChI=1S/C49H83NO8/c1-6-8-10-12-14-16-18-20-22-24-26-28-30-32-34-36-38-40-47(52)58-45(44-57-49(48(53)54)55-42-41-50(3,4)5)43-56-46(51)39-37-35-33-31-29-27-25-23-21-19-17-15-13-11-9-7-2/h8,10,14,16-17,19-20,22-23,25-26,28,45,49H,6-7,9,11-13,15,18,21,24,27,29-44H2,1-5H3/b10-8-,16-14-,19-17-,22-20-,25-23-,28-26-. The quantitative estimate of drug-likeness (QED) is 0.0198. The van der Waals surface area contributed by atoms with Gasteiger partial charge in [-0.2, -0.15) is 0 Å². The number of aliphatic carboxylic acids is 1. The van der Waals surface area contributed by atoms with Crippen molar-refractivity contribution in [3.05, 3.63) is 72.9 Å². The Morgan fingerprint density at radius 3 is 1.47 bits per heavy atom. The fourth-order valence-electron chi connectivity index (χ4n) is 5.67. The first-order valence-corrected chi connectivity index (χ1v) is 22.6. The van der Waals surface area contributed by atoms with Gasteiger partial charge in [-0.25, -0.2) is 0 Å². The number of hydrogen-bond donors (Lipinski definition) is 0. The molecular weight excluding hydrogens is 731 g/mol. The third-order valence-electron chi connectivity index (χ3n) is 9.19. The van der Waals surface area contributed by atoms with Crippen molar-refractivity contribution in [3.8, 4) is 0 Å². The number of ether oxygens (including phenoxy) is 4. The van der Waals surface area contributed by atoms with Crippen LogP contribution in [0.25, 0.3) is 0 Å². The third kappa shape index (κ3) is 40.9. The maximum Gasteiger partial charge on any atom is 0.306 e. The molecule has 0 amide bonds. The van der Waals surface area contributed by atoms with Gasteiger partial charge in [0.15, 0.2) is 12.4 Å². The van der Waals surface area contributed by atoms with Gasteiger partial charge in [-0.3, -0.25) is 9.59 Å². The summed E-state index contributed by atoms with van der Waals surface area (Å²) in [7, 11) is 5.89. The Morgan fingerprint density at radius 2 is 0.983 bits per heavy atom. The largest absolute Gasteiger partial charge is 0.545 e. The molecule has 0 saturated heterocycles. The van der Waals surface area contributed by atoms with Gasteiger partial charge in [0.25, 0.3) is 0 Å². The highest BCUT2D eigenvalue weighted by Crippen LogP contribution is 2.12. The van der Waals surface area contributed by atoms with Crippen molar-refractivity contribution in [1.82, 2.24) is 0 Å². The molecule has 9 nitrogen and oxygen atoms in total. The number of carboxylic acid groups (broad SMARTS) is 1. The van der Waals surface area contributed by atoms with Crippen LogP contribution in [0.1, 0.15) is 162 Å². The molecular formula is C49H83NO8. The summed E-state index contributed by atoms with van der Waals surface area (Å²) in [5.41, 5.74) is 0. The van der Waals surface area contributed by atoms with Crippen LogP contribution >= 0.6 is 0 Å². The van der Waals surface area contributed by atoms with Crippen molar-refractivity contribution in [2.75, 3.05) is 47.5 Å². The summed E-state index contributed by atoms with van der Waals surface area (Å²) in [5.74, 6) is -2.35. The van der Waals surface area contributed by atoms with Crippen molar-refractivity contribution >= 4 is 17.9 Å². The number of carbonyl (C=O) groups is 3. The van der Waals surface area contributed by atoms with Crippen LogP contribution < -0.4 is 5.11 Å². The Balaban J connectivity index is 4.53. The van der Waals surface area contributed by atoms with Crippen molar-refractivity contribution in [1.29, 1.82) is 0 Å². The van der Waals surface area contributed by atoms with Gasteiger partial charge in [-0.05, 0) is 83.5 Å². The van der Waals surface area contributed by atoms with E-state index in [0.29, 0.717) is 23.9 Å². The number of rotatable bonds is 40. The predicted octanol–water partition coefficient (Wildman–Crippen LogP) is 10.6. The van der Waals surface area contributed by atoms with Gasteiger partial charge in [0.2, 0.25) is 0 Å². The zero-order chi connectivity index (χ0) is 42.8. The lowest BCUT2D eigenvalue weighted by Gasteiger charge is -2.26. The molecule has 2 unspecified atom stereocenters. The van der Waals surface area contributed by atoms with Gasteiger partial charge < -0.3 is 33.3 Å². The lowest BCUT2D eigenvalue weighted by atomic mass is 10.1. The molecule has 0 bridgehead atoms. The molecule has 0 heterocycles. The van der Waals surface area contributed by atoms with E-state index in [9.17, 15) is 19.5 Å². The van der Waals surface area contributed by atoms with Gasteiger partial charge in [-0.15, -0.1) is 0 Å². The second-order valence-corrected chi connectivity index (χ2v) is 16.0. The third-order valence-corrected chi connectivity index (χ3v) is 9.19. The highest BCUT2D eigenvalue weighted by Gasteiger charge is 2.21. The fraction of sp³-hybridized carbons (Fsp3) is 0.694. The van der Waals surface area contributed by atoms with Gasteiger partial charge in [0.05, 0.1) is 40.3 Å². The smallest absolute Gasteiger partial charge is 0.306 e. The molecule has 2 atom stereocenters. The molecule has 332 valence electrons. The summed E-state index contributed by atoms with van der Waals surface area (Å²) in [6.45, 7) is 4.54. The van der Waals surface area contributed by atoms with Crippen LogP contribution in [0.2, 0.25) is 0 Å². The number of allylic oxidation sites excluding steroid dienone is 12. The summed E-state index contributed by atoms with van der Waals surface area (Å²) in [5, 5.41) is 11.7. The molecule has 9 heteroatoms. The Bertz CT molecular complexity index is 1180. The van der Waals surface area contributed by atoms with E-state index >= 15 is 0 Å². The number of carboxylic acids is 1. The number of nitrogens with zero attached hydrogens (tertiary/aromatic N) is 1. The number of unbranched alkanes of at least 4 members (excludes halogenated alkanes) is 13. The normalized spacial score (nSPS) is 13.6. The van der Waals surface area contributed by atoms with E-state index < -0.39 is 24.3 Å². The maximum atomic E-state index is 12.7. The summed E-state index contributed by atoms with van der Waals surface area (Å²) >= 11 is 0. The van der Waals surface area contributed by atoms with Crippen LogP contribution in [-0.4, -0.2) is 82.3 Å². The monoisotopic (exact) mass is 814 g/mol. The molecule has 0 aliphatic heterocycles. The molecule has 0 aliphatic carbocycles. The molecule has 0 aliphatic rings. The lowest BCUT2D eigenvalue weighted by molar-refractivity contribution is -0.870.